The zero-order valence-corrected chi connectivity index (χ0v) is 10.5. The van der Waals surface area contributed by atoms with E-state index in [0.717, 1.165) is 5.56 Å². The van der Waals surface area contributed by atoms with Gasteiger partial charge in [0.1, 0.15) is 5.82 Å². The Labute approximate surface area is 101 Å². The molecule has 17 heavy (non-hydrogen) atoms. The molecule has 4 heteroatoms. The summed E-state index contributed by atoms with van der Waals surface area (Å²) in [5, 5.41) is 2.83. The maximum Gasteiger partial charge on any atom is 0.230 e. The molecule has 94 valence electrons. The summed E-state index contributed by atoms with van der Waals surface area (Å²) in [6.45, 7) is 5.85. The highest BCUT2D eigenvalue weighted by Crippen LogP contribution is 2.23. The van der Waals surface area contributed by atoms with E-state index in [1.807, 2.05) is 6.92 Å². The minimum Gasteiger partial charge on any atom is -0.352 e. The summed E-state index contributed by atoms with van der Waals surface area (Å²) < 4.78 is 12.8. The standard InChI is InChI=1S/C13H19FN2O/c1-9(8-15)16-12(17)13(2,3)10-4-6-11(14)7-5-10/h4-7,9H,8,15H2,1-3H3,(H,16,17)/t9-/m0/s1. The molecule has 1 aromatic carbocycles. The monoisotopic (exact) mass is 238 g/mol. The van der Waals surface area contributed by atoms with Crippen LogP contribution in [0.3, 0.4) is 0 Å². The third-order valence-corrected chi connectivity index (χ3v) is 2.86. The van der Waals surface area contributed by atoms with Crippen molar-refractivity contribution in [2.45, 2.75) is 32.2 Å². The minimum atomic E-state index is -0.697. The van der Waals surface area contributed by atoms with Crippen molar-refractivity contribution >= 4 is 5.91 Å². The van der Waals surface area contributed by atoms with E-state index in [1.165, 1.54) is 12.1 Å². The number of hydrogen-bond acceptors (Lipinski definition) is 2. The van der Waals surface area contributed by atoms with E-state index in [-0.39, 0.29) is 17.8 Å². The SMILES string of the molecule is C[C@@H](CN)NC(=O)C(C)(C)c1ccc(F)cc1. The maximum atomic E-state index is 12.8. The Bertz CT molecular complexity index is 387. The van der Waals surface area contributed by atoms with E-state index in [2.05, 4.69) is 5.32 Å². The first-order valence-electron chi connectivity index (χ1n) is 5.65. The number of carbonyl (C=O) groups excluding carboxylic acids is 1. The van der Waals surface area contributed by atoms with Crippen molar-refractivity contribution in [1.82, 2.24) is 5.32 Å². The number of amides is 1. The minimum absolute atomic E-state index is 0.0674. The van der Waals surface area contributed by atoms with Crippen LogP contribution in [-0.2, 0) is 10.2 Å². The summed E-state index contributed by atoms with van der Waals surface area (Å²) in [5.41, 5.74) is 5.54. The van der Waals surface area contributed by atoms with Crippen molar-refractivity contribution in [3.05, 3.63) is 35.6 Å². The molecule has 0 bridgehead atoms. The molecule has 1 atom stereocenters. The van der Waals surface area contributed by atoms with Crippen LogP contribution in [0.25, 0.3) is 0 Å². The number of benzene rings is 1. The van der Waals surface area contributed by atoms with E-state index < -0.39 is 5.41 Å². The van der Waals surface area contributed by atoms with Gasteiger partial charge < -0.3 is 11.1 Å². The Morgan fingerprint density at radius 1 is 1.41 bits per heavy atom. The van der Waals surface area contributed by atoms with E-state index in [1.54, 1.807) is 26.0 Å². The number of carbonyl (C=O) groups is 1. The van der Waals surface area contributed by atoms with Crippen molar-refractivity contribution < 1.29 is 9.18 Å². The molecule has 0 saturated carbocycles. The van der Waals surface area contributed by atoms with Gasteiger partial charge in [-0.25, -0.2) is 4.39 Å². The van der Waals surface area contributed by atoms with Crippen molar-refractivity contribution in [3.63, 3.8) is 0 Å². The average molecular weight is 238 g/mol. The van der Waals surface area contributed by atoms with Crippen molar-refractivity contribution in [1.29, 1.82) is 0 Å². The third kappa shape index (κ3) is 3.27. The van der Waals surface area contributed by atoms with Gasteiger partial charge in [-0.3, -0.25) is 4.79 Å². The highest BCUT2D eigenvalue weighted by atomic mass is 19.1. The van der Waals surface area contributed by atoms with E-state index in [9.17, 15) is 9.18 Å². The Morgan fingerprint density at radius 2 is 1.94 bits per heavy atom. The van der Waals surface area contributed by atoms with Gasteiger partial charge in [0.15, 0.2) is 0 Å². The van der Waals surface area contributed by atoms with Gasteiger partial charge in [-0.1, -0.05) is 12.1 Å². The third-order valence-electron chi connectivity index (χ3n) is 2.86. The zero-order chi connectivity index (χ0) is 13.1. The van der Waals surface area contributed by atoms with Crippen LogP contribution in [0.2, 0.25) is 0 Å². The molecule has 3 N–H and O–H groups in total. The van der Waals surface area contributed by atoms with Crippen LogP contribution >= 0.6 is 0 Å². The van der Waals surface area contributed by atoms with Crippen molar-refractivity contribution in [2.24, 2.45) is 5.73 Å². The first kappa shape index (κ1) is 13.6. The topological polar surface area (TPSA) is 55.1 Å². The summed E-state index contributed by atoms with van der Waals surface area (Å²) in [6, 6.07) is 5.90. The average Bonchev–Trinajstić information content (AvgIpc) is 2.29. The lowest BCUT2D eigenvalue weighted by molar-refractivity contribution is -0.126. The quantitative estimate of drug-likeness (QED) is 0.836. The molecule has 1 amide bonds. The Morgan fingerprint density at radius 3 is 2.41 bits per heavy atom. The molecule has 0 aliphatic rings. The number of halogens is 1. The summed E-state index contributed by atoms with van der Waals surface area (Å²) in [6.07, 6.45) is 0. The first-order valence-corrected chi connectivity index (χ1v) is 5.65. The molecule has 0 radical (unpaired) electrons. The molecule has 0 fully saturated rings. The predicted octanol–water partition coefficient (Wildman–Crippen LogP) is 1.57. The number of nitrogens with two attached hydrogens (primary N) is 1. The first-order chi connectivity index (χ1) is 7.87. The van der Waals surface area contributed by atoms with Crippen LogP contribution in [0.4, 0.5) is 4.39 Å². The second-order valence-corrected chi connectivity index (χ2v) is 4.74. The van der Waals surface area contributed by atoms with Gasteiger partial charge in [0.25, 0.3) is 0 Å². The van der Waals surface area contributed by atoms with E-state index in [0.29, 0.717) is 6.54 Å². The summed E-state index contributed by atoms with van der Waals surface area (Å²) in [7, 11) is 0. The van der Waals surface area contributed by atoms with Gasteiger partial charge in [0, 0.05) is 12.6 Å². The lowest BCUT2D eigenvalue weighted by atomic mass is 9.83. The maximum absolute atomic E-state index is 12.8. The van der Waals surface area contributed by atoms with Gasteiger partial charge in [-0.05, 0) is 38.5 Å². The largest absolute Gasteiger partial charge is 0.352 e. The molecule has 1 aromatic rings. The molecule has 0 saturated heterocycles. The molecular weight excluding hydrogens is 219 g/mol. The molecule has 3 nitrogen and oxygen atoms in total. The smallest absolute Gasteiger partial charge is 0.230 e. The van der Waals surface area contributed by atoms with Crippen LogP contribution < -0.4 is 11.1 Å². The van der Waals surface area contributed by atoms with E-state index >= 15 is 0 Å². The lowest BCUT2D eigenvalue weighted by Gasteiger charge is -2.26. The second kappa shape index (κ2) is 5.27. The fraction of sp³-hybridized carbons (Fsp3) is 0.462. The van der Waals surface area contributed by atoms with Gasteiger partial charge in [0.2, 0.25) is 5.91 Å². The van der Waals surface area contributed by atoms with Crippen LogP contribution in [0.5, 0.6) is 0 Å². The summed E-state index contributed by atoms with van der Waals surface area (Å²) >= 11 is 0. The van der Waals surface area contributed by atoms with Crippen LogP contribution in [0.15, 0.2) is 24.3 Å². The molecular formula is C13H19FN2O. The van der Waals surface area contributed by atoms with Crippen molar-refractivity contribution in [2.75, 3.05) is 6.54 Å². The summed E-state index contributed by atoms with van der Waals surface area (Å²) in [4.78, 5) is 12.1. The Kier molecular flexibility index (Phi) is 4.23. The predicted molar refractivity (Wildman–Crippen MR) is 66.1 cm³/mol. The number of nitrogens with one attached hydrogen (secondary N) is 1. The number of rotatable bonds is 4. The Hall–Kier alpha value is -1.42. The highest BCUT2D eigenvalue weighted by Gasteiger charge is 2.30. The molecule has 1 rings (SSSR count). The molecule has 0 heterocycles. The van der Waals surface area contributed by atoms with Crippen molar-refractivity contribution in [3.8, 4) is 0 Å². The number of hydrogen-bond donors (Lipinski definition) is 2. The fourth-order valence-electron chi connectivity index (χ4n) is 1.46. The highest BCUT2D eigenvalue weighted by molar-refractivity contribution is 5.87. The second-order valence-electron chi connectivity index (χ2n) is 4.74. The van der Waals surface area contributed by atoms with Crippen LogP contribution in [-0.4, -0.2) is 18.5 Å². The zero-order valence-electron chi connectivity index (χ0n) is 10.5. The Balaban J connectivity index is 2.86. The normalized spacial score (nSPS) is 13.2. The van der Waals surface area contributed by atoms with Gasteiger partial charge in [-0.15, -0.1) is 0 Å². The molecule has 0 aliphatic carbocycles. The van der Waals surface area contributed by atoms with Gasteiger partial charge >= 0.3 is 0 Å². The molecule has 0 aliphatic heterocycles. The van der Waals surface area contributed by atoms with Crippen LogP contribution in [0.1, 0.15) is 26.3 Å². The molecule has 0 aromatic heterocycles. The van der Waals surface area contributed by atoms with Crippen LogP contribution in [0, 0.1) is 5.82 Å². The lowest BCUT2D eigenvalue weighted by Crippen LogP contribution is -2.46. The molecule has 0 unspecified atom stereocenters. The van der Waals surface area contributed by atoms with E-state index in [4.69, 9.17) is 5.73 Å². The van der Waals surface area contributed by atoms with Gasteiger partial charge in [0.05, 0.1) is 5.41 Å². The summed E-state index contributed by atoms with van der Waals surface area (Å²) in [5.74, 6) is -0.414. The van der Waals surface area contributed by atoms with Gasteiger partial charge in [-0.2, -0.15) is 0 Å². The fourth-order valence-corrected chi connectivity index (χ4v) is 1.46. The molecule has 0 spiro atoms.